The molecule has 1 aromatic heterocycles. The van der Waals surface area contributed by atoms with Crippen LogP contribution in [0.3, 0.4) is 0 Å². The highest BCUT2D eigenvalue weighted by atomic mass is 16.5. The van der Waals surface area contributed by atoms with Crippen LogP contribution >= 0.6 is 0 Å². The molecule has 3 aromatic rings. The molecule has 11 heteroatoms. The molecule has 3 aliphatic heterocycles. The van der Waals surface area contributed by atoms with Crippen LogP contribution in [0.15, 0.2) is 42.5 Å². The van der Waals surface area contributed by atoms with Crippen molar-refractivity contribution < 1.29 is 29.1 Å². The molecule has 4 heterocycles. The van der Waals surface area contributed by atoms with Crippen LogP contribution in [-0.4, -0.2) is 102 Å². The molecule has 40 heavy (non-hydrogen) atoms. The maximum absolute atomic E-state index is 13.5. The molecule has 3 amide bonds. The second kappa shape index (κ2) is 10.9. The van der Waals surface area contributed by atoms with Crippen LogP contribution in [0.5, 0.6) is 5.75 Å². The van der Waals surface area contributed by atoms with Crippen molar-refractivity contribution in [3.05, 3.63) is 64.8 Å². The number of morpholine rings is 1. The number of nitrogens with one attached hydrogen (secondary N) is 1. The van der Waals surface area contributed by atoms with Gasteiger partial charge in [-0.25, -0.2) is 5.48 Å². The number of piperazine rings is 1. The molecule has 2 saturated heterocycles. The Kier molecular flexibility index (Phi) is 7.18. The highest BCUT2D eigenvalue weighted by molar-refractivity contribution is 6.00. The van der Waals surface area contributed by atoms with E-state index in [1.54, 1.807) is 29.6 Å². The van der Waals surface area contributed by atoms with Gasteiger partial charge in [0, 0.05) is 73.9 Å². The first kappa shape index (κ1) is 26.3. The number of fused-ring (bicyclic) bond motifs is 5. The van der Waals surface area contributed by atoms with Gasteiger partial charge in [0.25, 0.3) is 5.91 Å². The molecule has 0 aliphatic carbocycles. The van der Waals surface area contributed by atoms with Crippen molar-refractivity contribution in [2.75, 3.05) is 59.6 Å². The Balaban J connectivity index is 1.36. The number of likely N-dealkylation sites (N-methyl/N-ethyl adjacent to an activating group) is 1. The maximum Gasteiger partial charge on any atom is 0.274 e. The Bertz CT molecular complexity index is 1450. The number of carbonyl (C=O) groups is 3. The molecule has 2 fully saturated rings. The first-order valence-corrected chi connectivity index (χ1v) is 13.6. The highest BCUT2D eigenvalue weighted by Gasteiger charge is 2.44. The standard InChI is InChI=1S/C29H33N5O6/c1-31-18-25(35)33-9-8-24-26(27(33)29(31)37)22-16-21(40-15-12-32-10-13-39-14-11-32)6-7-23(22)34(24)17-19-2-4-20(5-3-19)28(36)30-38/h2-7,16,27,38H,8-15,17-18H2,1H3,(H,30,36). The maximum atomic E-state index is 13.5. The summed E-state index contributed by atoms with van der Waals surface area (Å²) in [7, 11) is 1.68. The third-order valence-electron chi connectivity index (χ3n) is 8.10. The van der Waals surface area contributed by atoms with Crippen molar-refractivity contribution in [1.29, 1.82) is 0 Å². The molecule has 2 N–H and O–H groups in total. The van der Waals surface area contributed by atoms with Gasteiger partial charge in [0.05, 0.1) is 19.8 Å². The van der Waals surface area contributed by atoms with Crippen LogP contribution in [0.25, 0.3) is 10.9 Å². The Morgan fingerprint density at radius 3 is 2.62 bits per heavy atom. The molecule has 0 saturated carbocycles. The summed E-state index contributed by atoms with van der Waals surface area (Å²) in [6.07, 6.45) is 0.626. The van der Waals surface area contributed by atoms with E-state index < -0.39 is 11.9 Å². The lowest BCUT2D eigenvalue weighted by Crippen LogP contribution is -2.56. The van der Waals surface area contributed by atoms with Crippen molar-refractivity contribution in [2.45, 2.75) is 19.0 Å². The van der Waals surface area contributed by atoms with E-state index >= 15 is 0 Å². The monoisotopic (exact) mass is 547 g/mol. The second-order valence-corrected chi connectivity index (χ2v) is 10.5. The summed E-state index contributed by atoms with van der Waals surface area (Å²) in [5.74, 6) is 0.0215. The predicted octanol–water partition coefficient (Wildman–Crippen LogP) is 1.42. The lowest BCUT2D eigenvalue weighted by Gasteiger charge is -2.42. The summed E-state index contributed by atoms with van der Waals surface area (Å²) in [6, 6.07) is 12.3. The van der Waals surface area contributed by atoms with E-state index in [0.717, 1.165) is 66.3 Å². The molecule has 0 radical (unpaired) electrons. The van der Waals surface area contributed by atoms with Gasteiger partial charge in [-0.3, -0.25) is 24.5 Å². The minimum absolute atomic E-state index is 0.0469. The minimum Gasteiger partial charge on any atom is -0.492 e. The van der Waals surface area contributed by atoms with E-state index in [1.165, 1.54) is 4.90 Å². The summed E-state index contributed by atoms with van der Waals surface area (Å²) in [4.78, 5) is 43.7. The fraction of sp³-hybridized carbons (Fsp3) is 0.414. The first-order valence-electron chi connectivity index (χ1n) is 13.6. The summed E-state index contributed by atoms with van der Waals surface area (Å²) in [6.45, 7) is 5.70. The average molecular weight is 548 g/mol. The second-order valence-electron chi connectivity index (χ2n) is 10.5. The van der Waals surface area contributed by atoms with E-state index in [4.69, 9.17) is 14.7 Å². The van der Waals surface area contributed by atoms with Gasteiger partial charge in [-0.2, -0.15) is 0 Å². The predicted molar refractivity (Wildman–Crippen MR) is 145 cm³/mol. The van der Waals surface area contributed by atoms with Crippen LogP contribution in [0.4, 0.5) is 0 Å². The van der Waals surface area contributed by atoms with Crippen molar-refractivity contribution in [1.82, 2.24) is 24.7 Å². The van der Waals surface area contributed by atoms with Gasteiger partial charge in [-0.15, -0.1) is 0 Å². The van der Waals surface area contributed by atoms with Crippen LogP contribution in [0, 0.1) is 0 Å². The number of nitrogens with zero attached hydrogens (tertiary/aromatic N) is 4. The van der Waals surface area contributed by atoms with Crippen molar-refractivity contribution in [3.8, 4) is 5.75 Å². The normalized spacial score (nSPS) is 19.5. The summed E-state index contributed by atoms with van der Waals surface area (Å²) >= 11 is 0. The number of amides is 3. The number of hydrogen-bond acceptors (Lipinski definition) is 7. The van der Waals surface area contributed by atoms with Gasteiger partial charge < -0.3 is 23.8 Å². The lowest BCUT2D eigenvalue weighted by molar-refractivity contribution is -0.155. The molecule has 0 bridgehead atoms. The van der Waals surface area contributed by atoms with Crippen molar-refractivity contribution >= 4 is 28.6 Å². The molecule has 2 aromatic carbocycles. The van der Waals surface area contributed by atoms with Crippen LogP contribution < -0.4 is 10.2 Å². The number of aromatic nitrogens is 1. The van der Waals surface area contributed by atoms with Gasteiger partial charge in [0.2, 0.25) is 11.8 Å². The lowest BCUT2D eigenvalue weighted by atomic mass is 9.92. The molecule has 11 nitrogen and oxygen atoms in total. The number of hydroxylamine groups is 1. The zero-order chi connectivity index (χ0) is 27.8. The van der Waals surface area contributed by atoms with Gasteiger partial charge in [-0.05, 0) is 35.9 Å². The largest absolute Gasteiger partial charge is 0.492 e. The third-order valence-corrected chi connectivity index (χ3v) is 8.10. The van der Waals surface area contributed by atoms with E-state index in [0.29, 0.717) is 31.7 Å². The number of carbonyl (C=O) groups excluding carboxylic acids is 3. The molecule has 6 rings (SSSR count). The Labute approximate surface area is 231 Å². The third kappa shape index (κ3) is 4.80. The summed E-state index contributed by atoms with van der Waals surface area (Å²) < 4.78 is 13.8. The summed E-state index contributed by atoms with van der Waals surface area (Å²) in [5.41, 5.74) is 5.82. The number of rotatable bonds is 7. The van der Waals surface area contributed by atoms with E-state index in [9.17, 15) is 14.4 Å². The zero-order valence-electron chi connectivity index (χ0n) is 22.5. The van der Waals surface area contributed by atoms with Crippen molar-refractivity contribution in [2.24, 2.45) is 0 Å². The molecule has 0 spiro atoms. The Morgan fingerprint density at radius 2 is 1.88 bits per heavy atom. The van der Waals surface area contributed by atoms with E-state index in [2.05, 4.69) is 9.47 Å². The van der Waals surface area contributed by atoms with E-state index in [-0.39, 0.29) is 18.4 Å². The minimum atomic E-state index is -0.669. The van der Waals surface area contributed by atoms with Gasteiger partial charge >= 0.3 is 0 Å². The quantitative estimate of drug-likeness (QED) is 0.340. The fourth-order valence-corrected chi connectivity index (χ4v) is 6.00. The number of benzene rings is 2. The SMILES string of the molecule is CN1CC(=O)N2CCc3c(c4cc(OCCN5CCOCC5)ccc4n3Cc3ccc(C(=O)NO)cc3)C2C1=O. The Morgan fingerprint density at radius 1 is 1.10 bits per heavy atom. The van der Waals surface area contributed by atoms with Crippen LogP contribution in [0.1, 0.15) is 33.2 Å². The smallest absolute Gasteiger partial charge is 0.274 e. The van der Waals surface area contributed by atoms with Gasteiger partial charge in [0.1, 0.15) is 18.4 Å². The average Bonchev–Trinajstić information content (AvgIpc) is 3.29. The topological polar surface area (TPSA) is 117 Å². The zero-order valence-corrected chi connectivity index (χ0v) is 22.5. The Hall–Kier alpha value is -3.93. The number of ether oxygens (including phenoxy) is 2. The van der Waals surface area contributed by atoms with Crippen LogP contribution in [0.2, 0.25) is 0 Å². The molecule has 3 aliphatic rings. The molecule has 1 unspecified atom stereocenters. The molecular weight excluding hydrogens is 514 g/mol. The van der Waals surface area contributed by atoms with Gasteiger partial charge in [0.15, 0.2) is 0 Å². The van der Waals surface area contributed by atoms with Crippen LogP contribution in [-0.2, 0) is 27.3 Å². The van der Waals surface area contributed by atoms with Crippen molar-refractivity contribution in [3.63, 3.8) is 0 Å². The molecule has 210 valence electrons. The van der Waals surface area contributed by atoms with E-state index in [1.807, 2.05) is 30.3 Å². The molecular formula is C29H33N5O6. The highest BCUT2D eigenvalue weighted by Crippen LogP contribution is 2.41. The summed E-state index contributed by atoms with van der Waals surface area (Å²) in [5, 5.41) is 9.84. The fourth-order valence-electron chi connectivity index (χ4n) is 6.00. The number of hydrogen-bond donors (Lipinski definition) is 2. The first-order chi connectivity index (χ1) is 19.4. The molecule has 1 atom stereocenters. The van der Waals surface area contributed by atoms with Gasteiger partial charge in [-0.1, -0.05) is 12.1 Å².